The van der Waals surface area contributed by atoms with E-state index in [2.05, 4.69) is 0 Å². The Balaban J connectivity index is 1.52. The van der Waals surface area contributed by atoms with Crippen LogP contribution in [0.5, 0.6) is 0 Å². The number of halogens is 1. The quantitative estimate of drug-likeness (QED) is 0.849. The second-order valence-corrected chi connectivity index (χ2v) is 6.11. The zero-order valence-corrected chi connectivity index (χ0v) is 13.0. The first kappa shape index (κ1) is 15.9. The van der Waals surface area contributed by atoms with Crippen LogP contribution in [0.25, 0.3) is 0 Å². The van der Waals surface area contributed by atoms with Gasteiger partial charge < -0.3 is 14.5 Å². The highest BCUT2D eigenvalue weighted by molar-refractivity contribution is 5.94. The topological polar surface area (TPSA) is 49.9 Å². The molecule has 3 rings (SSSR count). The van der Waals surface area contributed by atoms with E-state index in [4.69, 9.17) is 4.74 Å². The lowest BCUT2D eigenvalue weighted by Gasteiger charge is -2.27. The molecule has 2 aliphatic heterocycles. The molecule has 1 aromatic rings. The van der Waals surface area contributed by atoms with Gasteiger partial charge in [0.2, 0.25) is 5.91 Å². The zero-order valence-electron chi connectivity index (χ0n) is 13.0. The van der Waals surface area contributed by atoms with Gasteiger partial charge in [-0.3, -0.25) is 9.59 Å². The second-order valence-electron chi connectivity index (χ2n) is 6.11. The average molecular weight is 320 g/mol. The van der Waals surface area contributed by atoms with Crippen LogP contribution in [0.1, 0.15) is 23.2 Å². The Kier molecular flexibility index (Phi) is 4.91. The van der Waals surface area contributed by atoms with Crippen molar-refractivity contribution in [2.75, 3.05) is 39.4 Å². The Morgan fingerprint density at radius 2 is 1.78 bits per heavy atom. The number of carbonyl (C=O) groups excluding carboxylic acids is 2. The molecule has 124 valence electrons. The van der Waals surface area contributed by atoms with Crippen LogP contribution in [0.2, 0.25) is 0 Å². The zero-order chi connectivity index (χ0) is 16.2. The predicted molar refractivity (Wildman–Crippen MR) is 82.4 cm³/mol. The lowest BCUT2D eigenvalue weighted by atomic mass is 10.0. The largest absolute Gasteiger partial charge is 0.378 e. The molecule has 1 atom stereocenters. The van der Waals surface area contributed by atoms with E-state index in [1.807, 2.05) is 4.90 Å². The summed E-state index contributed by atoms with van der Waals surface area (Å²) in [6, 6.07) is 5.60. The molecular weight excluding hydrogens is 299 g/mol. The maximum atomic E-state index is 12.9. The lowest BCUT2D eigenvalue weighted by molar-refractivity contribution is -0.136. The number of amides is 2. The smallest absolute Gasteiger partial charge is 0.253 e. The maximum absolute atomic E-state index is 12.9. The van der Waals surface area contributed by atoms with Crippen molar-refractivity contribution in [3.8, 4) is 0 Å². The van der Waals surface area contributed by atoms with Gasteiger partial charge in [0, 0.05) is 38.2 Å². The van der Waals surface area contributed by atoms with Gasteiger partial charge in [-0.05, 0) is 36.6 Å². The van der Waals surface area contributed by atoms with E-state index in [1.165, 1.54) is 24.3 Å². The third-order valence-electron chi connectivity index (χ3n) is 4.49. The Morgan fingerprint density at radius 1 is 1.09 bits per heavy atom. The summed E-state index contributed by atoms with van der Waals surface area (Å²) in [4.78, 5) is 28.2. The molecule has 2 heterocycles. The summed E-state index contributed by atoms with van der Waals surface area (Å²) in [5.74, 6) is -0.0904. The highest BCUT2D eigenvalue weighted by Crippen LogP contribution is 2.22. The van der Waals surface area contributed by atoms with Gasteiger partial charge in [0.1, 0.15) is 5.82 Å². The van der Waals surface area contributed by atoms with Crippen LogP contribution in [0.3, 0.4) is 0 Å². The Labute approximate surface area is 135 Å². The number of ether oxygens (including phenoxy) is 1. The van der Waals surface area contributed by atoms with Crippen molar-refractivity contribution in [3.63, 3.8) is 0 Å². The van der Waals surface area contributed by atoms with E-state index in [9.17, 15) is 14.0 Å². The fraction of sp³-hybridized carbons (Fsp3) is 0.529. The summed E-state index contributed by atoms with van der Waals surface area (Å²) < 4.78 is 18.2. The summed E-state index contributed by atoms with van der Waals surface area (Å²) in [6.07, 6.45) is 1.32. The first-order valence-electron chi connectivity index (χ1n) is 8.04. The molecule has 2 fully saturated rings. The summed E-state index contributed by atoms with van der Waals surface area (Å²) in [5, 5.41) is 0. The molecule has 5 nitrogen and oxygen atoms in total. The second kappa shape index (κ2) is 7.08. The molecule has 2 amide bonds. The number of benzene rings is 1. The summed E-state index contributed by atoms with van der Waals surface area (Å²) in [7, 11) is 0. The molecule has 0 unspecified atom stereocenters. The fourth-order valence-corrected chi connectivity index (χ4v) is 3.15. The van der Waals surface area contributed by atoms with E-state index in [-0.39, 0.29) is 23.5 Å². The Bertz CT molecular complexity index is 570. The molecule has 2 saturated heterocycles. The average Bonchev–Trinajstić information content (AvgIpc) is 3.04. The van der Waals surface area contributed by atoms with Gasteiger partial charge in [0.05, 0.1) is 13.2 Å². The highest BCUT2D eigenvalue weighted by atomic mass is 19.1. The number of rotatable bonds is 3. The van der Waals surface area contributed by atoms with Crippen LogP contribution < -0.4 is 0 Å². The van der Waals surface area contributed by atoms with Crippen LogP contribution >= 0.6 is 0 Å². The number of carbonyl (C=O) groups is 2. The van der Waals surface area contributed by atoms with Gasteiger partial charge in [0.15, 0.2) is 0 Å². The van der Waals surface area contributed by atoms with E-state index in [0.29, 0.717) is 51.4 Å². The van der Waals surface area contributed by atoms with Crippen molar-refractivity contribution < 1.29 is 18.7 Å². The summed E-state index contributed by atoms with van der Waals surface area (Å²) in [6.45, 7) is 3.76. The first-order chi connectivity index (χ1) is 11.1. The number of likely N-dealkylation sites (tertiary alicyclic amines) is 1. The van der Waals surface area contributed by atoms with E-state index in [1.54, 1.807) is 4.90 Å². The Hall–Kier alpha value is -1.95. The van der Waals surface area contributed by atoms with Gasteiger partial charge in [0.25, 0.3) is 5.91 Å². The minimum absolute atomic E-state index is 0.0914. The minimum atomic E-state index is -0.350. The van der Waals surface area contributed by atoms with Crippen molar-refractivity contribution in [3.05, 3.63) is 35.6 Å². The van der Waals surface area contributed by atoms with Crippen molar-refractivity contribution in [1.29, 1.82) is 0 Å². The molecule has 6 heteroatoms. The van der Waals surface area contributed by atoms with Crippen LogP contribution in [-0.4, -0.2) is 61.0 Å². The molecule has 23 heavy (non-hydrogen) atoms. The van der Waals surface area contributed by atoms with Crippen molar-refractivity contribution >= 4 is 11.8 Å². The van der Waals surface area contributed by atoms with Crippen LogP contribution in [0.4, 0.5) is 4.39 Å². The normalized spacial score (nSPS) is 21.5. The van der Waals surface area contributed by atoms with Crippen molar-refractivity contribution in [2.45, 2.75) is 12.8 Å². The van der Waals surface area contributed by atoms with Gasteiger partial charge in [-0.15, -0.1) is 0 Å². The standard InChI is InChI=1S/C17H21FN2O3/c18-15-3-1-14(2-4-15)17(22)20-6-5-13(12-20)11-16(21)19-7-9-23-10-8-19/h1-4,13H,5-12H2/t13-/m1/s1. The van der Waals surface area contributed by atoms with E-state index < -0.39 is 0 Å². The number of hydrogen-bond donors (Lipinski definition) is 0. The minimum Gasteiger partial charge on any atom is -0.378 e. The van der Waals surface area contributed by atoms with Gasteiger partial charge in [-0.1, -0.05) is 0 Å². The number of nitrogens with zero attached hydrogens (tertiary/aromatic N) is 2. The lowest BCUT2D eigenvalue weighted by Crippen LogP contribution is -2.41. The third-order valence-corrected chi connectivity index (χ3v) is 4.49. The number of morpholine rings is 1. The van der Waals surface area contributed by atoms with Crippen molar-refractivity contribution in [1.82, 2.24) is 9.80 Å². The van der Waals surface area contributed by atoms with E-state index >= 15 is 0 Å². The molecule has 0 aliphatic carbocycles. The Morgan fingerprint density at radius 3 is 2.48 bits per heavy atom. The molecule has 0 aromatic heterocycles. The highest BCUT2D eigenvalue weighted by Gasteiger charge is 2.30. The summed E-state index contributed by atoms with van der Waals surface area (Å²) >= 11 is 0. The SMILES string of the molecule is O=C(C[C@H]1CCN(C(=O)c2ccc(F)cc2)C1)N1CCOCC1. The van der Waals surface area contributed by atoms with E-state index in [0.717, 1.165) is 6.42 Å². The van der Waals surface area contributed by atoms with Crippen LogP contribution in [0.15, 0.2) is 24.3 Å². The monoisotopic (exact) mass is 320 g/mol. The molecule has 0 N–H and O–H groups in total. The predicted octanol–water partition coefficient (Wildman–Crippen LogP) is 1.54. The van der Waals surface area contributed by atoms with Gasteiger partial charge >= 0.3 is 0 Å². The molecule has 1 aromatic carbocycles. The molecular formula is C17H21FN2O3. The summed E-state index contributed by atoms with van der Waals surface area (Å²) in [5.41, 5.74) is 0.492. The van der Waals surface area contributed by atoms with Crippen molar-refractivity contribution in [2.24, 2.45) is 5.92 Å². The molecule has 0 spiro atoms. The molecule has 0 bridgehead atoms. The van der Waals surface area contributed by atoms with Gasteiger partial charge in [-0.2, -0.15) is 0 Å². The van der Waals surface area contributed by atoms with Gasteiger partial charge in [-0.25, -0.2) is 4.39 Å². The molecule has 0 saturated carbocycles. The maximum Gasteiger partial charge on any atom is 0.253 e. The molecule has 2 aliphatic rings. The number of hydrogen-bond acceptors (Lipinski definition) is 3. The molecule has 0 radical (unpaired) electrons. The first-order valence-corrected chi connectivity index (χ1v) is 8.04. The fourth-order valence-electron chi connectivity index (χ4n) is 3.15. The van der Waals surface area contributed by atoms with Crippen LogP contribution in [0, 0.1) is 11.7 Å². The third kappa shape index (κ3) is 3.88. The van der Waals surface area contributed by atoms with Crippen LogP contribution in [-0.2, 0) is 9.53 Å².